The van der Waals surface area contributed by atoms with Crippen molar-refractivity contribution in [2.24, 2.45) is 5.92 Å². The second-order valence-electron chi connectivity index (χ2n) is 7.16. The Morgan fingerprint density at radius 3 is 2.58 bits per heavy atom. The van der Waals surface area contributed by atoms with Gasteiger partial charge in [0.15, 0.2) is 5.79 Å². The van der Waals surface area contributed by atoms with E-state index in [1.54, 1.807) is 0 Å². The third kappa shape index (κ3) is 3.15. The first kappa shape index (κ1) is 15.9. The van der Waals surface area contributed by atoms with Crippen LogP contribution < -0.4 is 5.32 Å². The number of likely N-dealkylation sites (tertiary alicyclic amines) is 1. The summed E-state index contributed by atoms with van der Waals surface area (Å²) in [5.74, 6) is -0.0111. The molecule has 4 rings (SSSR count). The number of hydrogen-bond acceptors (Lipinski definition) is 3. The second kappa shape index (κ2) is 6.73. The van der Waals surface area contributed by atoms with Gasteiger partial charge in [-0.1, -0.05) is 36.8 Å². The summed E-state index contributed by atoms with van der Waals surface area (Å²) in [5, 5.41) is 3.29. The van der Waals surface area contributed by atoms with Crippen molar-refractivity contribution < 1.29 is 14.3 Å². The molecule has 1 spiro atoms. The molecule has 0 aromatic heterocycles. The predicted octanol–water partition coefficient (Wildman–Crippen LogP) is 3.08. The summed E-state index contributed by atoms with van der Waals surface area (Å²) in [6.45, 7) is 2.56. The van der Waals surface area contributed by atoms with Gasteiger partial charge in [0.1, 0.15) is 0 Å². The zero-order chi connectivity index (χ0) is 16.4. The summed E-state index contributed by atoms with van der Waals surface area (Å²) >= 11 is 0. The average Bonchev–Trinajstić information content (AvgIpc) is 3.01. The van der Waals surface area contributed by atoms with Crippen LogP contribution in [-0.4, -0.2) is 43.0 Å². The molecule has 1 atom stereocenters. The largest absolute Gasteiger partial charge is 0.346 e. The zero-order valence-electron chi connectivity index (χ0n) is 14.1. The average molecular weight is 330 g/mol. The van der Waals surface area contributed by atoms with E-state index in [4.69, 9.17) is 9.47 Å². The fourth-order valence-electron chi connectivity index (χ4n) is 4.03. The third-order valence-corrected chi connectivity index (χ3v) is 5.58. The molecule has 5 nitrogen and oxygen atoms in total. The van der Waals surface area contributed by atoms with Crippen LogP contribution in [0.15, 0.2) is 30.3 Å². The van der Waals surface area contributed by atoms with E-state index in [1.165, 1.54) is 24.8 Å². The van der Waals surface area contributed by atoms with Gasteiger partial charge in [-0.25, -0.2) is 4.79 Å². The van der Waals surface area contributed by atoms with E-state index in [2.05, 4.69) is 17.4 Å². The van der Waals surface area contributed by atoms with Crippen molar-refractivity contribution in [2.45, 2.75) is 43.9 Å². The van der Waals surface area contributed by atoms with Crippen molar-refractivity contribution in [3.05, 3.63) is 35.9 Å². The maximum Gasteiger partial charge on any atom is 0.318 e. The van der Waals surface area contributed by atoms with Gasteiger partial charge in [0.25, 0.3) is 0 Å². The summed E-state index contributed by atoms with van der Waals surface area (Å²) in [4.78, 5) is 14.7. The number of carbonyl (C=O) groups is 1. The Morgan fingerprint density at radius 1 is 1.17 bits per heavy atom. The van der Waals surface area contributed by atoms with E-state index in [-0.39, 0.29) is 12.1 Å². The van der Waals surface area contributed by atoms with Gasteiger partial charge in [-0.05, 0) is 30.7 Å². The van der Waals surface area contributed by atoms with Gasteiger partial charge >= 0.3 is 6.03 Å². The summed E-state index contributed by atoms with van der Waals surface area (Å²) < 4.78 is 11.6. The third-order valence-electron chi connectivity index (χ3n) is 5.58. The zero-order valence-corrected chi connectivity index (χ0v) is 14.1. The molecule has 3 fully saturated rings. The van der Waals surface area contributed by atoms with Gasteiger partial charge < -0.3 is 19.7 Å². The maximum absolute atomic E-state index is 12.9. The van der Waals surface area contributed by atoms with Gasteiger partial charge in [0.05, 0.1) is 25.8 Å². The van der Waals surface area contributed by atoms with Crippen LogP contribution in [0.4, 0.5) is 4.79 Å². The van der Waals surface area contributed by atoms with Gasteiger partial charge in [-0.15, -0.1) is 0 Å². The molecule has 1 aromatic rings. The van der Waals surface area contributed by atoms with Crippen molar-refractivity contribution in [2.75, 3.05) is 26.3 Å². The lowest BCUT2D eigenvalue weighted by Crippen LogP contribution is -2.54. The molecule has 3 aliphatic rings. The highest BCUT2D eigenvalue weighted by Gasteiger charge is 2.42. The van der Waals surface area contributed by atoms with Crippen LogP contribution in [0.1, 0.15) is 43.7 Å². The fraction of sp³-hybridized carbons (Fsp3) is 0.632. The molecule has 1 aliphatic carbocycles. The van der Waals surface area contributed by atoms with Gasteiger partial charge in [-0.3, -0.25) is 0 Å². The van der Waals surface area contributed by atoms with Gasteiger partial charge in [-0.2, -0.15) is 0 Å². The van der Waals surface area contributed by atoms with Crippen LogP contribution in [-0.2, 0) is 9.47 Å². The second-order valence-corrected chi connectivity index (χ2v) is 7.16. The number of hydrogen-bond donors (Lipinski definition) is 1. The number of amides is 2. The molecule has 5 heteroatoms. The lowest BCUT2D eigenvalue weighted by Gasteiger charge is -2.40. The molecule has 2 heterocycles. The van der Waals surface area contributed by atoms with E-state index < -0.39 is 5.79 Å². The first-order valence-corrected chi connectivity index (χ1v) is 9.14. The minimum absolute atomic E-state index is 0.00827. The number of piperidine rings is 1. The fourth-order valence-corrected chi connectivity index (χ4v) is 4.03. The van der Waals surface area contributed by atoms with Crippen molar-refractivity contribution in [3.63, 3.8) is 0 Å². The molecule has 2 amide bonds. The van der Waals surface area contributed by atoms with E-state index in [0.29, 0.717) is 25.7 Å². The molecule has 0 radical (unpaired) electrons. The Labute approximate surface area is 143 Å². The predicted molar refractivity (Wildman–Crippen MR) is 90.5 cm³/mol. The van der Waals surface area contributed by atoms with Crippen molar-refractivity contribution >= 4 is 6.03 Å². The Kier molecular flexibility index (Phi) is 4.46. The highest BCUT2D eigenvalue weighted by Crippen LogP contribution is 2.38. The van der Waals surface area contributed by atoms with E-state index in [1.807, 2.05) is 23.1 Å². The van der Waals surface area contributed by atoms with Crippen LogP contribution in [0.5, 0.6) is 0 Å². The first-order chi connectivity index (χ1) is 11.8. The number of rotatable bonds is 3. The van der Waals surface area contributed by atoms with Gasteiger partial charge in [0, 0.05) is 13.0 Å². The van der Waals surface area contributed by atoms with Gasteiger partial charge in [0.2, 0.25) is 0 Å². The SMILES string of the molecule is O=C(NC(c1ccccc1)C1CCC1)N1CCCC2(C1)OCCO2. The van der Waals surface area contributed by atoms with Crippen LogP contribution >= 0.6 is 0 Å². The molecule has 2 saturated heterocycles. The monoisotopic (exact) mass is 330 g/mol. The topological polar surface area (TPSA) is 50.8 Å². The number of nitrogens with one attached hydrogen (secondary N) is 1. The molecular weight excluding hydrogens is 304 g/mol. The first-order valence-electron chi connectivity index (χ1n) is 9.14. The van der Waals surface area contributed by atoms with Crippen LogP contribution in [0.2, 0.25) is 0 Å². The summed E-state index contributed by atoms with van der Waals surface area (Å²) in [6, 6.07) is 10.5. The summed E-state index contributed by atoms with van der Waals surface area (Å²) in [7, 11) is 0. The molecule has 1 aromatic carbocycles. The Hall–Kier alpha value is -1.59. The normalized spacial score (nSPS) is 24.6. The van der Waals surface area contributed by atoms with Crippen molar-refractivity contribution in [3.8, 4) is 0 Å². The molecule has 24 heavy (non-hydrogen) atoms. The van der Waals surface area contributed by atoms with Crippen molar-refractivity contribution in [1.82, 2.24) is 10.2 Å². The van der Waals surface area contributed by atoms with Crippen LogP contribution in [0.25, 0.3) is 0 Å². The Balaban J connectivity index is 1.45. The van der Waals surface area contributed by atoms with E-state index in [0.717, 1.165) is 19.4 Å². The number of nitrogens with zero attached hydrogens (tertiary/aromatic N) is 1. The standard InChI is InChI=1S/C19H26N2O3/c22-18(21-11-5-10-19(14-21)23-12-13-24-19)20-17(16-8-4-9-16)15-6-2-1-3-7-15/h1-3,6-7,16-17H,4-5,8-14H2,(H,20,22). The molecule has 1 saturated carbocycles. The quantitative estimate of drug-likeness (QED) is 0.926. The molecule has 2 aliphatic heterocycles. The Morgan fingerprint density at radius 2 is 1.92 bits per heavy atom. The van der Waals surface area contributed by atoms with Crippen molar-refractivity contribution in [1.29, 1.82) is 0 Å². The Bertz CT molecular complexity index is 567. The molecular formula is C19H26N2O3. The smallest absolute Gasteiger partial charge is 0.318 e. The maximum atomic E-state index is 12.9. The highest BCUT2D eigenvalue weighted by molar-refractivity contribution is 5.75. The molecule has 1 N–H and O–H groups in total. The minimum Gasteiger partial charge on any atom is -0.346 e. The lowest BCUT2D eigenvalue weighted by molar-refractivity contribution is -0.183. The number of urea groups is 1. The molecule has 0 bridgehead atoms. The molecule has 1 unspecified atom stereocenters. The minimum atomic E-state index is -0.561. The van der Waals surface area contributed by atoms with Crippen LogP contribution in [0, 0.1) is 5.92 Å². The highest BCUT2D eigenvalue weighted by atomic mass is 16.7. The summed E-state index contributed by atoms with van der Waals surface area (Å²) in [5.41, 5.74) is 1.20. The molecule has 130 valence electrons. The number of carbonyl (C=O) groups excluding carboxylic acids is 1. The van der Waals surface area contributed by atoms with E-state index in [9.17, 15) is 4.79 Å². The lowest BCUT2D eigenvalue weighted by atomic mass is 9.77. The van der Waals surface area contributed by atoms with Crippen LogP contribution in [0.3, 0.4) is 0 Å². The number of ether oxygens (including phenoxy) is 2. The van der Waals surface area contributed by atoms with E-state index >= 15 is 0 Å². The number of benzene rings is 1. The summed E-state index contributed by atoms with van der Waals surface area (Å²) in [6.07, 6.45) is 5.44.